The number of nitriles is 1. The van der Waals surface area contributed by atoms with Crippen molar-refractivity contribution in [2.24, 2.45) is 0 Å². The number of anilines is 6. The molecule has 0 saturated carbocycles. The summed E-state index contributed by atoms with van der Waals surface area (Å²) in [6.45, 7) is 8.14. The van der Waals surface area contributed by atoms with E-state index in [2.05, 4.69) is 106 Å². The van der Waals surface area contributed by atoms with E-state index >= 15 is 0 Å². The molecule has 6 heteroatoms. The summed E-state index contributed by atoms with van der Waals surface area (Å²) in [5.41, 5.74) is 8.68. The second-order valence-corrected chi connectivity index (χ2v) is 12.6. The van der Waals surface area contributed by atoms with Crippen molar-refractivity contribution >= 4 is 63.3 Å². The predicted octanol–water partition coefficient (Wildman–Crippen LogP) is 11.6. The van der Waals surface area contributed by atoms with Gasteiger partial charge in [0.05, 0.1) is 41.0 Å². The molecule has 2 aliphatic heterocycles. The second-order valence-electron chi connectivity index (χ2n) is 10.4. The SMILES string of the molecule is [C-]#[N+]c1cc(N2c3ccccc3Sc3ccccc32)ccc1-c1ccc(N2c3ccccc3Sc3ccccc32)cc1C#N. The summed E-state index contributed by atoms with van der Waals surface area (Å²) >= 11 is 3.51. The highest BCUT2D eigenvalue weighted by atomic mass is 32.2. The van der Waals surface area contributed by atoms with Crippen LogP contribution in [-0.4, -0.2) is 0 Å². The molecule has 0 radical (unpaired) electrons. The van der Waals surface area contributed by atoms with Gasteiger partial charge in [-0.3, -0.25) is 0 Å². The highest BCUT2D eigenvalue weighted by Crippen LogP contribution is 2.53. The highest BCUT2D eigenvalue weighted by molar-refractivity contribution is 8.00. The van der Waals surface area contributed by atoms with Crippen molar-refractivity contribution in [1.82, 2.24) is 0 Å². The molecular formula is C38H22N4S2. The largest absolute Gasteiger partial charge is 0.309 e. The van der Waals surface area contributed by atoms with Crippen molar-refractivity contribution in [1.29, 1.82) is 5.26 Å². The molecule has 206 valence electrons. The lowest BCUT2D eigenvalue weighted by molar-refractivity contribution is 1.16. The van der Waals surface area contributed by atoms with Crippen LogP contribution in [0.2, 0.25) is 0 Å². The Hall–Kier alpha value is -5.40. The van der Waals surface area contributed by atoms with Gasteiger partial charge in [-0.1, -0.05) is 84.2 Å². The van der Waals surface area contributed by atoms with Crippen molar-refractivity contribution in [3.63, 3.8) is 0 Å². The minimum atomic E-state index is 0.505. The molecule has 6 aromatic carbocycles. The monoisotopic (exact) mass is 598 g/mol. The molecular weight excluding hydrogens is 577 g/mol. The zero-order valence-corrected chi connectivity index (χ0v) is 24.9. The Bertz CT molecular complexity index is 1950. The van der Waals surface area contributed by atoms with E-state index < -0.39 is 0 Å². The zero-order valence-electron chi connectivity index (χ0n) is 23.3. The summed E-state index contributed by atoms with van der Waals surface area (Å²) in [4.78, 5) is 13.1. The van der Waals surface area contributed by atoms with Crippen molar-refractivity contribution in [3.8, 4) is 17.2 Å². The molecule has 0 saturated heterocycles. The molecule has 0 N–H and O–H groups in total. The normalized spacial score (nSPS) is 12.7. The van der Waals surface area contributed by atoms with E-state index in [1.807, 2.05) is 48.5 Å². The molecule has 0 atom stereocenters. The Morgan fingerprint density at radius 3 is 1.36 bits per heavy atom. The Labute approximate surface area is 264 Å². The van der Waals surface area contributed by atoms with E-state index in [0.717, 1.165) is 45.3 Å². The van der Waals surface area contributed by atoms with Crippen molar-refractivity contribution in [2.45, 2.75) is 19.6 Å². The molecule has 0 amide bonds. The maximum absolute atomic E-state index is 10.4. The lowest BCUT2D eigenvalue weighted by Crippen LogP contribution is -2.15. The van der Waals surface area contributed by atoms with E-state index in [1.54, 1.807) is 23.5 Å². The van der Waals surface area contributed by atoms with E-state index in [0.29, 0.717) is 11.3 Å². The molecule has 6 aromatic rings. The quantitative estimate of drug-likeness (QED) is 0.189. The van der Waals surface area contributed by atoms with E-state index in [4.69, 9.17) is 6.57 Å². The third-order valence-corrected chi connectivity index (χ3v) is 10.2. The van der Waals surface area contributed by atoms with Crippen LogP contribution in [0.3, 0.4) is 0 Å². The maximum Gasteiger partial charge on any atom is 0.197 e. The Kier molecular flexibility index (Phi) is 6.38. The lowest BCUT2D eigenvalue weighted by atomic mass is 9.97. The Balaban J connectivity index is 1.23. The first-order valence-corrected chi connectivity index (χ1v) is 15.7. The molecule has 44 heavy (non-hydrogen) atoms. The minimum Gasteiger partial charge on any atom is -0.309 e. The van der Waals surface area contributed by atoms with Crippen LogP contribution in [0.25, 0.3) is 16.0 Å². The summed E-state index contributed by atoms with van der Waals surface area (Å²) in [6, 6.07) is 47.7. The molecule has 2 heterocycles. The molecule has 0 spiro atoms. The van der Waals surface area contributed by atoms with Crippen LogP contribution in [0.1, 0.15) is 5.56 Å². The molecule has 0 fully saturated rings. The third-order valence-electron chi connectivity index (χ3n) is 7.90. The van der Waals surface area contributed by atoms with Gasteiger partial charge in [-0.15, -0.1) is 0 Å². The Morgan fingerprint density at radius 2 is 0.932 bits per heavy atom. The van der Waals surface area contributed by atoms with Gasteiger partial charge in [-0.25, -0.2) is 4.85 Å². The van der Waals surface area contributed by atoms with Gasteiger partial charge < -0.3 is 9.80 Å². The minimum absolute atomic E-state index is 0.505. The van der Waals surface area contributed by atoms with Crippen LogP contribution >= 0.6 is 23.5 Å². The number of nitrogens with zero attached hydrogens (tertiary/aromatic N) is 4. The molecule has 2 aliphatic rings. The molecule has 4 nitrogen and oxygen atoms in total. The number of para-hydroxylation sites is 4. The van der Waals surface area contributed by atoms with Gasteiger partial charge in [0.15, 0.2) is 5.69 Å². The Morgan fingerprint density at radius 1 is 0.523 bits per heavy atom. The fourth-order valence-corrected chi connectivity index (χ4v) is 8.06. The van der Waals surface area contributed by atoms with Crippen LogP contribution in [0, 0.1) is 17.9 Å². The number of benzene rings is 6. The van der Waals surface area contributed by atoms with Crippen molar-refractivity contribution < 1.29 is 0 Å². The summed E-state index contributed by atoms with van der Waals surface area (Å²) in [6.07, 6.45) is 0. The smallest absolute Gasteiger partial charge is 0.197 e. The number of fused-ring (bicyclic) bond motifs is 4. The lowest BCUT2D eigenvalue weighted by Gasteiger charge is -2.33. The first-order chi connectivity index (χ1) is 21.7. The van der Waals surface area contributed by atoms with Gasteiger partial charge in [0.25, 0.3) is 0 Å². The zero-order chi connectivity index (χ0) is 29.6. The van der Waals surface area contributed by atoms with Crippen LogP contribution < -0.4 is 9.80 Å². The summed E-state index contributed by atoms with van der Waals surface area (Å²) in [5, 5.41) is 10.4. The summed E-state index contributed by atoms with van der Waals surface area (Å²) in [7, 11) is 0. The van der Waals surface area contributed by atoms with Crippen LogP contribution in [0.5, 0.6) is 0 Å². The second kappa shape index (κ2) is 10.7. The van der Waals surface area contributed by atoms with Gasteiger partial charge >= 0.3 is 0 Å². The number of rotatable bonds is 3. The molecule has 0 aromatic heterocycles. The molecule has 0 aliphatic carbocycles. The van der Waals surface area contributed by atoms with E-state index in [1.165, 1.54) is 19.6 Å². The fourth-order valence-electron chi connectivity index (χ4n) is 5.94. The molecule has 8 rings (SSSR count). The van der Waals surface area contributed by atoms with Gasteiger partial charge in [0.1, 0.15) is 0 Å². The van der Waals surface area contributed by atoms with Crippen molar-refractivity contribution in [3.05, 3.63) is 150 Å². The van der Waals surface area contributed by atoms with Crippen LogP contribution in [0.15, 0.2) is 153 Å². The first kappa shape index (κ1) is 26.2. The fraction of sp³-hybridized carbons (Fsp3) is 0. The van der Waals surface area contributed by atoms with Crippen LogP contribution in [-0.2, 0) is 0 Å². The van der Waals surface area contributed by atoms with Crippen LogP contribution in [0.4, 0.5) is 39.8 Å². The number of hydrogen-bond donors (Lipinski definition) is 0. The van der Waals surface area contributed by atoms with Crippen molar-refractivity contribution in [2.75, 3.05) is 9.80 Å². The maximum atomic E-state index is 10.4. The summed E-state index contributed by atoms with van der Waals surface area (Å²) in [5.74, 6) is 0. The van der Waals surface area contributed by atoms with Gasteiger partial charge in [0.2, 0.25) is 0 Å². The van der Waals surface area contributed by atoms with Gasteiger partial charge in [-0.05, 0) is 83.9 Å². The first-order valence-electron chi connectivity index (χ1n) is 14.1. The topological polar surface area (TPSA) is 34.6 Å². The average molecular weight is 599 g/mol. The van der Waals surface area contributed by atoms with E-state index in [9.17, 15) is 5.26 Å². The standard InChI is InChI=1S/C38H22N4S2/c1-40-30-23-27(42-33-12-4-8-16-37(33)44-38-17-9-5-13-34(38)42)19-21-29(30)28-20-18-26(22-25(28)24-39)41-31-10-2-6-14-35(31)43-36-15-7-3-11-32(36)41/h2-23H. The van der Waals surface area contributed by atoms with Gasteiger partial charge in [0, 0.05) is 31.0 Å². The summed E-state index contributed by atoms with van der Waals surface area (Å²) < 4.78 is 0. The number of hydrogen-bond acceptors (Lipinski definition) is 5. The van der Waals surface area contributed by atoms with E-state index in [-0.39, 0.29) is 0 Å². The molecule has 0 bridgehead atoms. The third kappa shape index (κ3) is 4.24. The van der Waals surface area contributed by atoms with Gasteiger partial charge in [-0.2, -0.15) is 5.26 Å². The molecule has 0 unspecified atom stereocenters. The average Bonchev–Trinajstić information content (AvgIpc) is 3.09. The highest BCUT2D eigenvalue weighted by Gasteiger charge is 2.27. The predicted molar refractivity (Wildman–Crippen MR) is 180 cm³/mol.